The molecule has 1 aromatic rings. The summed E-state index contributed by atoms with van der Waals surface area (Å²) in [7, 11) is 0. The zero-order valence-electron chi connectivity index (χ0n) is 7.83. The van der Waals surface area contributed by atoms with Gasteiger partial charge in [-0.05, 0) is 24.1 Å². The molecule has 0 aliphatic carbocycles. The number of hydrogen-bond acceptors (Lipinski definition) is 2. The molecule has 0 saturated heterocycles. The van der Waals surface area contributed by atoms with Crippen LogP contribution in [0.2, 0.25) is 0 Å². The lowest BCUT2D eigenvalue weighted by atomic mass is 10.0. The fourth-order valence-electron chi connectivity index (χ4n) is 1.17. The molecule has 1 aromatic carbocycles. The first-order chi connectivity index (χ1) is 6.56. The quantitative estimate of drug-likeness (QED) is 0.778. The second-order valence-corrected chi connectivity index (χ2v) is 3.06. The average Bonchev–Trinajstić information content (AvgIpc) is 2.15. The van der Waals surface area contributed by atoms with E-state index in [1.165, 1.54) is 12.1 Å². The first kappa shape index (κ1) is 10.7. The molecule has 0 saturated carbocycles. The minimum absolute atomic E-state index is 0.243. The Labute approximate surface area is 81.4 Å². The molecular weight excluding hydrogens is 185 g/mol. The van der Waals surface area contributed by atoms with Crippen molar-refractivity contribution in [2.45, 2.75) is 19.4 Å². The van der Waals surface area contributed by atoms with Gasteiger partial charge in [-0.25, -0.2) is 9.18 Å². The van der Waals surface area contributed by atoms with Crippen LogP contribution in [0.4, 0.5) is 4.39 Å². The number of carbonyl (C=O) groups is 1. The van der Waals surface area contributed by atoms with E-state index in [1.807, 2.05) is 6.92 Å². The van der Waals surface area contributed by atoms with E-state index in [0.29, 0.717) is 12.0 Å². The van der Waals surface area contributed by atoms with Crippen molar-refractivity contribution in [3.63, 3.8) is 0 Å². The molecule has 0 spiro atoms. The Hall–Kier alpha value is -1.42. The number of halogens is 1. The van der Waals surface area contributed by atoms with Crippen LogP contribution in [0.15, 0.2) is 18.2 Å². The molecule has 0 radical (unpaired) electrons. The van der Waals surface area contributed by atoms with Gasteiger partial charge in [0, 0.05) is 6.04 Å². The highest BCUT2D eigenvalue weighted by atomic mass is 19.1. The van der Waals surface area contributed by atoms with E-state index >= 15 is 0 Å². The van der Waals surface area contributed by atoms with Gasteiger partial charge < -0.3 is 10.8 Å². The number of carboxylic acid groups (broad SMARTS) is 1. The van der Waals surface area contributed by atoms with Crippen molar-refractivity contribution in [3.05, 3.63) is 35.1 Å². The van der Waals surface area contributed by atoms with Crippen LogP contribution in [0.1, 0.15) is 35.3 Å². The van der Waals surface area contributed by atoms with Gasteiger partial charge in [0.05, 0.1) is 5.56 Å². The Balaban J connectivity index is 3.06. The summed E-state index contributed by atoms with van der Waals surface area (Å²) >= 11 is 0. The van der Waals surface area contributed by atoms with Gasteiger partial charge in [0.25, 0.3) is 0 Å². The molecule has 0 heterocycles. The molecule has 0 amide bonds. The van der Waals surface area contributed by atoms with Crippen molar-refractivity contribution in [2.24, 2.45) is 5.73 Å². The van der Waals surface area contributed by atoms with Crippen molar-refractivity contribution < 1.29 is 14.3 Å². The number of aromatic carboxylic acids is 1. The van der Waals surface area contributed by atoms with Gasteiger partial charge >= 0.3 is 5.97 Å². The van der Waals surface area contributed by atoms with Gasteiger partial charge in [0.15, 0.2) is 0 Å². The second kappa shape index (κ2) is 4.19. The summed E-state index contributed by atoms with van der Waals surface area (Å²) in [6.45, 7) is 1.88. The highest BCUT2D eigenvalue weighted by Gasteiger charge is 2.12. The molecule has 0 aromatic heterocycles. The number of rotatable bonds is 3. The molecule has 0 aliphatic rings. The van der Waals surface area contributed by atoms with Gasteiger partial charge in [-0.3, -0.25) is 0 Å². The maximum atomic E-state index is 13.2. The Kier molecular flexibility index (Phi) is 3.19. The summed E-state index contributed by atoms with van der Waals surface area (Å²) in [6, 6.07) is 3.72. The summed E-state index contributed by atoms with van der Waals surface area (Å²) < 4.78 is 13.2. The van der Waals surface area contributed by atoms with Crippen LogP contribution in [0.5, 0.6) is 0 Å². The first-order valence-electron chi connectivity index (χ1n) is 4.34. The summed E-state index contributed by atoms with van der Waals surface area (Å²) in [4.78, 5) is 10.5. The van der Waals surface area contributed by atoms with Gasteiger partial charge in [0.1, 0.15) is 5.82 Å². The van der Waals surface area contributed by atoms with Crippen molar-refractivity contribution in [1.29, 1.82) is 0 Å². The fraction of sp³-hybridized carbons (Fsp3) is 0.300. The highest BCUT2D eigenvalue weighted by Crippen LogP contribution is 2.17. The van der Waals surface area contributed by atoms with Gasteiger partial charge in [-0.15, -0.1) is 0 Å². The third kappa shape index (κ3) is 2.09. The topological polar surface area (TPSA) is 63.3 Å². The van der Waals surface area contributed by atoms with E-state index < -0.39 is 11.8 Å². The molecule has 0 fully saturated rings. The molecular formula is C10H12FNO2. The zero-order chi connectivity index (χ0) is 10.7. The summed E-state index contributed by atoms with van der Waals surface area (Å²) in [5.74, 6) is -2.00. The molecule has 0 bridgehead atoms. The maximum absolute atomic E-state index is 13.2. The zero-order valence-corrected chi connectivity index (χ0v) is 7.83. The SMILES string of the molecule is CCC(N)c1ccc(C(=O)O)c(F)c1. The van der Waals surface area contributed by atoms with Crippen LogP contribution in [0, 0.1) is 5.82 Å². The molecule has 4 heteroatoms. The molecule has 76 valence electrons. The largest absolute Gasteiger partial charge is 0.478 e. The van der Waals surface area contributed by atoms with E-state index in [2.05, 4.69) is 0 Å². The highest BCUT2D eigenvalue weighted by molar-refractivity contribution is 5.87. The Morgan fingerprint density at radius 3 is 2.71 bits per heavy atom. The van der Waals surface area contributed by atoms with E-state index in [-0.39, 0.29) is 11.6 Å². The van der Waals surface area contributed by atoms with Crippen LogP contribution in [0.25, 0.3) is 0 Å². The first-order valence-corrected chi connectivity index (χ1v) is 4.34. The Morgan fingerprint density at radius 1 is 1.64 bits per heavy atom. The summed E-state index contributed by atoms with van der Waals surface area (Å²) in [6.07, 6.45) is 0.686. The number of nitrogens with two attached hydrogens (primary N) is 1. The lowest BCUT2D eigenvalue weighted by molar-refractivity contribution is 0.0692. The van der Waals surface area contributed by atoms with E-state index in [0.717, 1.165) is 0 Å². The minimum atomic E-state index is -1.26. The van der Waals surface area contributed by atoms with E-state index in [9.17, 15) is 9.18 Å². The van der Waals surface area contributed by atoms with Crippen molar-refractivity contribution in [1.82, 2.24) is 0 Å². The average molecular weight is 197 g/mol. The van der Waals surface area contributed by atoms with Gasteiger partial charge in [0.2, 0.25) is 0 Å². The van der Waals surface area contributed by atoms with Crippen LogP contribution >= 0.6 is 0 Å². The molecule has 1 rings (SSSR count). The standard InChI is InChI=1S/C10H12FNO2/c1-2-9(12)6-3-4-7(10(13)14)8(11)5-6/h3-5,9H,2,12H2,1H3,(H,13,14). The maximum Gasteiger partial charge on any atom is 0.338 e. The smallest absolute Gasteiger partial charge is 0.338 e. The Bertz CT molecular complexity index is 352. The predicted molar refractivity (Wildman–Crippen MR) is 50.6 cm³/mol. The van der Waals surface area contributed by atoms with Crippen molar-refractivity contribution in [3.8, 4) is 0 Å². The monoisotopic (exact) mass is 197 g/mol. The normalized spacial score (nSPS) is 12.5. The molecule has 3 N–H and O–H groups in total. The predicted octanol–water partition coefficient (Wildman–Crippen LogP) is 1.93. The fourth-order valence-corrected chi connectivity index (χ4v) is 1.17. The van der Waals surface area contributed by atoms with E-state index in [4.69, 9.17) is 10.8 Å². The van der Waals surface area contributed by atoms with Crippen LogP contribution in [-0.2, 0) is 0 Å². The lowest BCUT2D eigenvalue weighted by Crippen LogP contribution is -2.10. The minimum Gasteiger partial charge on any atom is -0.478 e. The van der Waals surface area contributed by atoms with Crippen molar-refractivity contribution in [2.75, 3.05) is 0 Å². The molecule has 0 aliphatic heterocycles. The lowest BCUT2D eigenvalue weighted by Gasteiger charge is -2.09. The number of benzene rings is 1. The summed E-state index contributed by atoms with van der Waals surface area (Å²) in [5.41, 5.74) is 5.97. The van der Waals surface area contributed by atoms with Crippen LogP contribution in [0.3, 0.4) is 0 Å². The molecule has 3 nitrogen and oxygen atoms in total. The van der Waals surface area contributed by atoms with Crippen LogP contribution in [-0.4, -0.2) is 11.1 Å². The summed E-state index contributed by atoms with van der Waals surface area (Å²) in [5, 5.41) is 8.58. The third-order valence-corrected chi connectivity index (χ3v) is 2.09. The van der Waals surface area contributed by atoms with Gasteiger partial charge in [-0.1, -0.05) is 13.0 Å². The number of carboxylic acids is 1. The van der Waals surface area contributed by atoms with Crippen molar-refractivity contribution >= 4 is 5.97 Å². The third-order valence-electron chi connectivity index (χ3n) is 2.09. The second-order valence-electron chi connectivity index (χ2n) is 3.06. The molecule has 14 heavy (non-hydrogen) atoms. The number of hydrogen-bond donors (Lipinski definition) is 2. The van der Waals surface area contributed by atoms with Crippen LogP contribution < -0.4 is 5.73 Å². The van der Waals surface area contributed by atoms with E-state index in [1.54, 1.807) is 6.07 Å². The molecule has 1 atom stereocenters. The molecule has 1 unspecified atom stereocenters. The van der Waals surface area contributed by atoms with Gasteiger partial charge in [-0.2, -0.15) is 0 Å². The Morgan fingerprint density at radius 2 is 2.29 bits per heavy atom.